The first-order valence-corrected chi connectivity index (χ1v) is 13.6. The highest BCUT2D eigenvalue weighted by atomic mass is 32.1. The molecule has 0 bridgehead atoms. The standard InChI is InChI=1S/C26H25F3N6O5S/c1-25(15-34-14-22(35(36)37)31-23(34)40-25)16-38-19-6-7-20-21(12-19)41-24(30-20)33-10-8-32(9-11-33)13-17-2-4-18(5-3-17)39-26(27,28)29/h2-7,12,14H,8-11,13,15-16H2,1H3/t25-/m1/s1. The van der Waals surface area contributed by atoms with Gasteiger partial charge in [0.1, 0.15) is 24.3 Å². The SMILES string of the molecule is C[C@]1(COc2ccc3nc(N4CCN(Cc5ccc(OC(F)(F)F)cc5)CC4)sc3c2)Cn2cc([N+](=O)[O-])nc2O1. The first-order chi connectivity index (χ1) is 19.5. The maximum atomic E-state index is 12.4. The molecule has 4 heterocycles. The summed E-state index contributed by atoms with van der Waals surface area (Å²) in [5.74, 6) is 0.200. The van der Waals surface area contributed by atoms with Gasteiger partial charge in [-0.15, -0.1) is 13.2 Å². The van der Waals surface area contributed by atoms with Gasteiger partial charge in [0.05, 0.1) is 16.8 Å². The average Bonchev–Trinajstić information content (AvgIpc) is 3.60. The Morgan fingerprint density at radius 1 is 1.10 bits per heavy atom. The second-order valence-corrected chi connectivity index (χ2v) is 11.2. The van der Waals surface area contributed by atoms with Crippen LogP contribution in [0.4, 0.5) is 24.1 Å². The largest absolute Gasteiger partial charge is 0.573 e. The van der Waals surface area contributed by atoms with Crippen LogP contribution in [0.15, 0.2) is 48.7 Å². The third kappa shape index (κ3) is 6.15. The fraction of sp³-hybridized carbons (Fsp3) is 0.385. The summed E-state index contributed by atoms with van der Waals surface area (Å²) in [7, 11) is 0. The van der Waals surface area contributed by atoms with Crippen molar-refractivity contribution < 1.29 is 32.3 Å². The molecule has 1 atom stereocenters. The lowest BCUT2D eigenvalue weighted by atomic mass is 10.1. The number of hydrogen-bond donors (Lipinski definition) is 0. The number of rotatable bonds is 8. The third-order valence-corrected chi connectivity index (χ3v) is 7.93. The van der Waals surface area contributed by atoms with Crippen molar-refractivity contribution in [2.24, 2.45) is 0 Å². The lowest BCUT2D eigenvalue weighted by molar-refractivity contribution is -0.389. The van der Waals surface area contributed by atoms with E-state index < -0.39 is 16.9 Å². The van der Waals surface area contributed by atoms with E-state index in [1.807, 2.05) is 25.1 Å². The van der Waals surface area contributed by atoms with Gasteiger partial charge in [-0.2, -0.15) is 0 Å². The van der Waals surface area contributed by atoms with Crippen molar-refractivity contribution in [1.82, 2.24) is 19.4 Å². The van der Waals surface area contributed by atoms with E-state index in [1.54, 1.807) is 28.0 Å². The summed E-state index contributed by atoms with van der Waals surface area (Å²) >= 11 is 1.58. The Balaban J connectivity index is 1.02. The average molecular weight is 591 g/mol. The number of aromatic nitrogens is 3. The Bertz CT molecular complexity index is 1540. The normalized spacial score (nSPS) is 19.3. The van der Waals surface area contributed by atoms with E-state index >= 15 is 0 Å². The van der Waals surface area contributed by atoms with Crippen LogP contribution < -0.4 is 19.1 Å². The van der Waals surface area contributed by atoms with Crippen LogP contribution in [0.5, 0.6) is 17.5 Å². The third-order valence-electron chi connectivity index (χ3n) is 6.86. The van der Waals surface area contributed by atoms with Gasteiger partial charge in [0, 0.05) is 37.7 Å². The lowest BCUT2D eigenvalue weighted by Gasteiger charge is -2.34. The van der Waals surface area contributed by atoms with Crippen LogP contribution in [-0.2, 0) is 13.1 Å². The molecule has 0 radical (unpaired) electrons. The Kier molecular flexibility index (Phi) is 6.85. The first-order valence-electron chi connectivity index (χ1n) is 12.8. The molecule has 0 N–H and O–H groups in total. The van der Waals surface area contributed by atoms with Crippen molar-refractivity contribution in [2.45, 2.75) is 32.0 Å². The van der Waals surface area contributed by atoms with Gasteiger partial charge in [-0.05, 0) is 47.7 Å². The molecule has 0 spiro atoms. The van der Waals surface area contributed by atoms with Gasteiger partial charge < -0.3 is 29.2 Å². The molecular weight excluding hydrogens is 565 g/mol. The zero-order valence-corrected chi connectivity index (χ0v) is 22.7. The smallest absolute Gasteiger partial charge is 0.489 e. The van der Waals surface area contributed by atoms with Crippen LogP contribution in [0.1, 0.15) is 12.5 Å². The number of fused-ring (bicyclic) bond motifs is 2. The molecule has 6 rings (SSSR count). The maximum Gasteiger partial charge on any atom is 0.573 e. The molecule has 216 valence electrons. The number of anilines is 1. The number of imidazole rings is 1. The van der Waals surface area contributed by atoms with Crippen LogP contribution in [0, 0.1) is 10.1 Å². The summed E-state index contributed by atoms with van der Waals surface area (Å²) < 4.78 is 55.6. The second-order valence-electron chi connectivity index (χ2n) is 10.2. The van der Waals surface area contributed by atoms with E-state index in [0.29, 0.717) is 18.8 Å². The number of piperazine rings is 1. The molecule has 0 amide bonds. The van der Waals surface area contributed by atoms with E-state index in [-0.39, 0.29) is 24.2 Å². The quantitative estimate of drug-likeness (QED) is 0.210. The molecule has 0 unspecified atom stereocenters. The number of benzene rings is 2. The van der Waals surface area contributed by atoms with Crippen molar-refractivity contribution in [2.75, 3.05) is 37.7 Å². The minimum absolute atomic E-state index is 0.207. The fourth-order valence-corrected chi connectivity index (χ4v) is 5.91. The molecule has 11 nitrogen and oxygen atoms in total. The first kappa shape index (κ1) is 27.1. The van der Waals surface area contributed by atoms with Crippen molar-refractivity contribution >= 4 is 32.5 Å². The Morgan fingerprint density at radius 2 is 1.83 bits per heavy atom. The number of halogens is 3. The van der Waals surface area contributed by atoms with Gasteiger partial charge in [-0.25, -0.2) is 4.98 Å². The van der Waals surface area contributed by atoms with Gasteiger partial charge in [-0.1, -0.05) is 23.5 Å². The van der Waals surface area contributed by atoms with Crippen LogP contribution in [0.3, 0.4) is 0 Å². The van der Waals surface area contributed by atoms with E-state index in [2.05, 4.69) is 19.5 Å². The predicted molar refractivity (Wildman–Crippen MR) is 144 cm³/mol. The van der Waals surface area contributed by atoms with Crippen molar-refractivity contribution in [1.29, 1.82) is 0 Å². The molecule has 41 heavy (non-hydrogen) atoms. The molecule has 4 aromatic rings. The molecular formula is C26H25F3N6O5S. The van der Waals surface area contributed by atoms with Gasteiger partial charge in [0.15, 0.2) is 10.7 Å². The highest BCUT2D eigenvalue weighted by molar-refractivity contribution is 7.22. The van der Waals surface area contributed by atoms with Crippen molar-refractivity contribution in [3.63, 3.8) is 0 Å². The zero-order chi connectivity index (χ0) is 28.8. The zero-order valence-electron chi connectivity index (χ0n) is 21.8. The fourth-order valence-electron chi connectivity index (χ4n) is 4.86. The van der Waals surface area contributed by atoms with Crippen molar-refractivity contribution in [3.8, 4) is 17.5 Å². The lowest BCUT2D eigenvalue weighted by Crippen LogP contribution is -2.45. The van der Waals surface area contributed by atoms with E-state index in [1.165, 1.54) is 18.3 Å². The molecule has 2 aromatic carbocycles. The summed E-state index contributed by atoms with van der Waals surface area (Å²) in [5, 5.41) is 11.8. The summed E-state index contributed by atoms with van der Waals surface area (Å²) in [5.41, 5.74) is 1.09. The highest BCUT2D eigenvalue weighted by Gasteiger charge is 2.41. The minimum Gasteiger partial charge on any atom is -0.489 e. The predicted octanol–water partition coefficient (Wildman–Crippen LogP) is 4.85. The summed E-state index contributed by atoms with van der Waals surface area (Å²) in [4.78, 5) is 23.6. The van der Waals surface area contributed by atoms with Gasteiger partial charge >= 0.3 is 18.2 Å². The topological polar surface area (TPSA) is 108 Å². The second kappa shape index (κ2) is 10.4. The highest BCUT2D eigenvalue weighted by Crippen LogP contribution is 2.34. The molecule has 1 saturated heterocycles. The summed E-state index contributed by atoms with van der Waals surface area (Å²) in [6, 6.07) is 11.9. The van der Waals surface area contributed by atoms with Crippen LogP contribution in [0.25, 0.3) is 10.2 Å². The number of ether oxygens (including phenoxy) is 3. The number of nitro groups is 1. The van der Waals surface area contributed by atoms with E-state index in [9.17, 15) is 23.3 Å². The van der Waals surface area contributed by atoms with Crippen molar-refractivity contribution in [3.05, 3.63) is 64.3 Å². The van der Waals surface area contributed by atoms with Crippen LogP contribution in [0.2, 0.25) is 0 Å². The molecule has 2 aliphatic heterocycles. The maximum absolute atomic E-state index is 12.4. The Labute approximate surface area is 235 Å². The molecule has 2 aliphatic rings. The minimum atomic E-state index is -4.70. The van der Waals surface area contributed by atoms with Gasteiger partial charge in [-0.3, -0.25) is 9.47 Å². The molecule has 1 fully saturated rings. The molecule has 0 saturated carbocycles. The number of hydrogen-bond acceptors (Lipinski definition) is 10. The van der Waals surface area contributed by atoms with Crippen LogP contribution >= 0.6 is 11.3 Å². The Hall–Kier alpha value is -4.11. The number of alkyl halides is 3. The summed E-state index contributed by atoms with van der Waals surface area (Å²) in [6.45, 7) is 6.29. The molecule has 15 heteroatoms. The van der Waals surface area contributed by atoms with Gasteiger partial charge in [0.25, 0.3) is 0 Å². The van der Waals surface area contributed by atoms with Gasteiger partial charge in [0.2, 0.25) is 0 Å². The van der Waals surface area contributed by atoms with E-state index in [4.69, 9.17) is 14.5 Å². The molecule has 0 aliphatic carbocycles. The summed E-state index contributed by atoms with van der Waals surface area (Å²) in [6.07, 6.45) is -3.34. The Morgan fingerprint density at radius 3 is 2.51 bits per heavy atom. The van der Waals surface area contributed by atoms with E-state index in [0.717, 1.165) is 47.1 Å². The monoisotopic (exact) mass is 590 g/mol. The number of thiazole rings is 1. The van der Waals surface area contributed by atoms with Crippen LogP contribution in [-0.4, -0.2) is 69.1 Å². The number of nitrogens with zero attached hydrogens (tertiary/aromatic N) is 6. The molecule has 2 aromatic heterocycles.